The molecule has 25 heavy (non-hydrogen) atoms. The molecule has 6 nitrogen and oxygen atoms in total. The van der Waals surface area contributed by atoms with Gasteiger partial charge in [-0.15, -0.1) is 0 Å². The van der Waals surface area contributed by atoms with Crippen molar-refractivity contribution in [2.45, 2.75) is 17.9 Å². The molecule has 0 aliphatic rings. The van der Waals surface area contributed by atoms with Crippen molar-refractivity contribution in [1.82, 2.24) is 4.72 Å². The first-order valence-corrected chi connectivity index (χ1v) is 9.40. The van der Waals surface area contributed by atoms with Crippen LogP contribution in [0.25, 0.3) is 0 Å². The van der Waals surface area contributed by atoms with Crippen LogP contribution in [0.3, 0.4) is 0 Å². The Morgan fingerprint density at radius 2 is 1.80 bits per heavy atom. The van der Waals surface area contributed by atoms with Crippen molar-refractivity contribution in [1.29, 1.82) is 0 Å². The van der Waals surface area contributed by atoms with Gasteiger partial charge in [-0.1, -0.05) is 35.3 Å². The normalized spacial score (nSPS) is 12.5. The number of benzene rings is 2. The molecule has 0 heterocycles. The summed E-state index contributed by atoms with van der Waals surface area (Å²) in [7, 11) is -2.51. The lowest BCUT2D eigenvalue weighted by molar-refractivity contribution is -0.117. The number of anilines is 1. The number of nitrogens with one attached hydrogen (secondary N) is 2. The molecule has 2 aromatic rings. The fourth-order valence-electron chi connectivity index (χ4n) is 1.97. The third-order valence-corrected chi connectivity index (χ3v) is 5.45. The predicted octanol–water partition coefficient (Wildman–Crippen LogP) is 3.31. The number of hydrogen-bond donors (Lipinski definition) is 2. The Morgan fingerprint density at radius 1 is 1.12 bits per heavy atom. The minimum absolute atomic E-state index is 0.0734. The number of methoxy groups -OCH3 is 1. The standard InChI is InChI=1S/C16H16Cl2N2O4S/c1-10(16(21)19-14-6-4-3-5-12(14)17)20-25(22,23)11-7-8-15(24-2)13(18)9-11/h3-10,20H,1-2H3,(H,19,21). The molecule has 0 saturated heterocycles. The van der Waals surface area contributed by atoms with Gasteiger partial charge in [0.05, 0.1) is 33.8 Å². The number of ether oxygens (including phenoxy) is 1. The fraction of sp³-hybridized carbons (Fsp3) is 0.188. The average molecular weight is 403 g/mol. The maximum atomic E-state index is 12.4. The monoisotopic (exact) mass is 402 g/mol. The minimum Gasteiger partial charge on any atom is -0.495 e. The molecular formula is C16H16Cl2N2O4S. The second-order valence-corrected chi connectivity index (χ2v) is 7.64. The van der Waals surface area contributed by atoms with Crippen LogP contribution in [-0.2, 0) is 14.8 Å². The highest BCUT2D eigenvalue weighted by Crippen LogP contribution is 2.27. The van der Waals surface area contributed by atoms with Crippen molar-refractivity contribution in [2.24, 2.45) is 0 Å². The van der Waals surface area contributed by atoms with Gasteiger partial charge in [-0.2, -0.15) is 4.72 Å². The SMILES string of the molecule is COc1ccc(S(=O)(=O)NC(C)C(=O)Nc2ccccc2Cl)cc1Cl. The second kappa shape index (κ2) is 8.05. The Kier molecular flexibility index (Phi) is 6.29. The molecule has 2 rings (SSSR count). The van der Waals surface area contributed by atoms with Crippen LogP contribution in [0.15, 0.2) is 47.4 Å². The van der Waals surface area contributed by atoms with Crippen LogP contribution < -0.4 is 14.8 Å². The molecule has 0 aliphatic heterocycles. The molecule has 2 N–H and O–H groups in total. The Labute approximate surface area is 156 Å². The molecule has 0 aromatic heterocycles. The summed E-state index contributed by atoms with van der Waals surface area (Å²) in [5, 5.41) is 3.08. The van der Waals surface area contributed by atoms with E-state index in [4.69, 9.17) is 27.9 Å². The number of halogens is 2. The van der Waals surface area contributed by atoms with Crippen LogP contribution >= 0.6 is 23.2 Å². The van der Waals surface area contributed by atoms with E-state index in [-0.39, 0.29) is 9.92 Å². The van der Waals surface area contributed by atoms with E-state index in [1.165, 1.54) is 32.2 Å². The Bertz CT molecular complexity index is 887. The zero-order valence-corrected chi connectivity index (χ0v) is 15.7. The molecule has 1 amide bonds. The molecule has 0 saturated carbocycles. The van der Waals surface area contributed by atoms with Gasteiger partial charge in [-0.3, -0.25) is 4.79 Å². The molecule has 0 aliphatic carbocycles. The van der Waals surface area contributed by atoms with E-state index in [1.54, 1.807) is 24.3 Å². The molecule has 0 spiro atoms. The van der Waals surface area contributed by atoms with Gasteiger partial charge in [0, 0.05) is 0 Å². The molecule has 134 valence electrons. The lowest BCUT2D eigenvalue weighted by atomic mass is 10.3. The van der Waals surface area contributed by atoms with Crippen LogP contribution in [0.1, 0.15) is 6.92 Å². The zero-order chi connectivity index (χ0) is 18.6. The number of carbonyl (C=O) groups is 1. The largest absolute Gasteiger partial charge is 0.495 e. The third kappa shape index (κ3) is 4.85. The molecule has 9 heteroatoms. The Hall–Kier alpha value is -1.80. The van der Waals surface area contributed by atoms with E-state index in [0.717, 1.165) is 0 Å². The van der Waals surface area contributed by atoms with Crippen molar-refractivity contribution in [3.05, 3.63) is 52.5 Å². The lowest BCUT2D eigenvalue weighted by Crippen LogP contribution is -2.41. The highest BCUT2D eigenvalue weighted by Gasteiger charge is 2.23. The molecule has 0 bridgehead atoms. The van der Waals surface area contributed by atoms with Crippen LogP contribution in [-0.4, -0.2) is 27.5 Å². The first-order chi connectivity index (χ1) is 11.7. The summed E-state index contributed by atoms with van der Waals surface area (Å²) in [6, 6.07) is 9.66. The summed E-state index contributed by atoms with van der Waals surface area (Å²) < 4.78 is 32.1. The van der Waals surface area contributed by atoms with Gasteiger partial charge in [0.2, 0.25) is 15.9 Å². The number of carbonyl (C=O) groups excluding carboxylic acids is 1. The van der Waals surface area contributed by atoms with E-state index >= 15 is 0 Å². The van der Waals surface area contributed by atoms with Gasteiger partial charge in [0.1, 0.15) is 5.75 Å². The van der Waals surface area contributed by atoms with Crippen molar-refractivity contribution in [2.75, 3.05) is 12.4 Å². The summed E-state index contributed by atoms with van der Waals surface area (Å²) >= 11 is 11.9. The van der Waals surface area contributed by atoms with Crippen molar-refractivity contribution in [3.63, 3.8) is 0 Å². The average Bonchev–Trinajstić information content (AvgIpc) is 2.56. The summed E-state index contributed by atoms with van der Waals surface area (Å²) in [6.07, 6.45) is 0. The maximum absolute atomic E-state index is 12.4. The Morgan fingerprint density at radius 3 is 2.40 bits per heavy atom. The van der Waals surface area contributed by atoms with Gasteiger partial charge in [-0.25, -0.2) is 8.42 Å². The highest BCUT2D eigenvalue weighted by molar-refractivity contribution is 7.89. The van der Waals surface area contributed by atoms with Gasteiger partial charge >= 0.3 is 0 Å². The van der Waals surface area contributed by atoms with Gasteiger partial charge < -0.3 is 10.1 Å². The lowest BCUT2D eigenvalue weighted by Gasteiger charge is -2.15. The Balaban J connectivity index is 2.12. The first kappa shape index (κ1) is 19.5. The summed E-state index contributed by atoms with van der Waals surface area (Å²) in [5.74, 6) is -0.193. The minimum atomic E-state index is -3.94. The van der Waals surface area contributed by atoms with E-state index in [1.807, 2.05) is 0 Å². The molecular weight excluding hydrogens is 387 g/mol. The molecule has 1 unspecified atom stereocenters. The quantitative estimate of drug-likeness (QED) is 0.775. The van der Waals surface area contributed by atoms with Crippen molar-refractivity contribution >= 4 is 44.8 Å². The highest BCUT2D eigenvalue weighted by atomic mass is 35.5. The number of amides is 1. The molecule has 2 aromatic carbocycles. The van der Waals surface area contributed by atoms with E-state index in [9.17, 15) is 13.2 Å². The fourth-order valence-corrected chi connectivity index (χ4v) is 3.71. The van der Waals surface area contributed by atoms with Gasteiger partial charge in [0.25, 0.3) is 0 Å². The number of hydrogen-bond acceptors (Lipinski definition) is 4. The topological polar surface area (TPSA) is 84.5 Å². The number of para-hydroxylation sites is 1. The zero-order valence-electron chi connectivity index (χ0n) is 13.4. The predicted molar refractivity (Wildman–Crippen MR) is 97.9 cm³/mol. The van der Waals surface area contributed by atoms with Gasteiger partial charge in [0.15, 0.2) is 0 Å². The first-order valence-electron chi connectivity index (χ1n) is 7.16. The van der Waals surface area contributed by atoms with Gasteiger partial charge in [-0.05, 0) is 37.3 Å². The van der Waals surface area contributed by atoms with Crippen LogP contribution in [0.5, 0.6) is 5.75 Å². The van der Waals surface area contributed by atoms with E-state index < -0.39 is 22.0 Å². The number of rotatable bonds is 6. The van der Waals surface area contributed by atoms with E-state index in [0.29, 0.717) is 16.5 Å². The van der Waals surface area contributed by atoms with Crippen LogP contribution in [0, 0.1) is 0 Å². The van der Waals surface area contributed by atoms with E-state index in [2.05, 4.69) is 10.0 Å². The number of sulfonamides is 1. The molecule has 0 fully saturated rings. The molecule has 1 atom stereocenters. The van der Waals surface area contributed by atoms with Crippen LogP contribution in [0.4, 0.5) is 5.69 Å². The van der Waals surface area contributed by atoms with Crippen molar-refractivity contribution in [3.8, 4) is 5.75 Å². The van der Waals surface area contributed by atoms with Crippen molar-refractivity contribution < 1.29 is 17.9 Å². The summed E-state index contributed by atoms with van der Waals surface area (Å²) in [6.45, 7) is 1.43. The maximum Gasteiger partial charge on any atom is 0.242 e. The molecule has 0 radical (unpaired) electrons. The summed E-state index contributed by atoms with van der Waals surface area (Å²) in [4.78, 5) is 12.1. The third-order valence-electron chi connectivity index (χ3n) is 3.29. The van der Waals surface area contributed by atoms with Crippen LogP contribution in [0.2, 0.25) is 10.0 Å². The summed E-state index contributed by atoms with van der Waals surface area (Å²) in [5.41, 5.74) is 0.396. The smallest absolute Gasteiger partial charge is 0.242 e. The second-order valence-electron chi connectivity index (χ2n) is 5.11.